The first-order valence-electron chi connectivity index (χ1n) is 5.23. The molecule has 17 heavy (non-hydrogen) atoms. The number of hydrogen-bond donors (Lipinski definition) is 1. The van der Waals surface area contributed by atoms with Gasteiger partial charge in [0.1, 0.15) is 5.15 Å². The molecule has 1 aromatic carbocycles. The SMILES string of the molecule is CC(O)c1cc2cc3c(cc2nc1Cl)OCO3. The van der Waals surface area contributed by atoms with Crippen molar-refractivity contribution in [2.24, 2.45) is 0 Å². The van der Waals surface area contributed by atoms with Crippen LogP contribution in [0.2, 0.25) is 5.15 Å². The second-order valence-electron chi connectivity index (χ2n) is 3.94. The van der Waals surface area contributed by atoms with Crippen molar-refractivity contribution in [3.8, 4) is 11.5 Å². The molecular weight excluding hydrogens is 242 g/mol. The van der Waals surface area contributed by atoms with Gasteiger partial charge in [-0.05, 0) is 19.1 Å². The standard InChI is InChI=1S/C12H10ClNO3/c1-6(15)8-2-7-3-10-11(17-5-16-10)4-9(7)14-12(8)13/h2-4,6,15H,5H2,1H3. The Bertz CT molecular complexity index is 598. The number of pyridine rings is 1. The molecule has 3 rings (SSSR count). The smallest absolute Gasteiger partial charge is 0.231 e. The van der Waals surface area contributed by atoms with E-state index in [-0.39, 0.29) is 6.79 Å². The van der Waals surface area contributed by atoms with Crippen molar-refractivity contribution in [1.82, 2.24) is 4.98 Å². The number of hydrogen-bond acceptors (Lipinski definition) is 4. The Balaban J connectivity index is 2.25. The highest BCUT2D eigenvalue weighted by atomic mass is 35.5. The van der Waals surface area contributed by atoms with E-state index in [0.29, 0.717) is 22.2 Å². The van der Waals surface area contributed by atoms with Crippen LogP contribution >= 0.6 is 11.6 Å². The normalized spacial score (nSPS) is 15.2. The van der Waals surface area contributed by atoms with Gasteiger partial charge in [0, 0.05) is 17.0 Å². The Morgan fingerprint density at radius 1 is 1.29 bits per heavy atom. The molecule has 1 unspecified atom stereocenters. The summed E-state index contributed by atoms with van der Waals surface area (Å²) >= 11 is 6.01. The number of nitrogens with zero attached hydrogens (tertiary/aromatic N) is 1. The van der Waals surface area contributed by atoms with E-state index in [1.54, 1.807) is 13.0 Å². The van der Waals surface area contributed by atoms with Crippen LogP contribution in [0.4, 0.5) is 0 Å². The first-order chi connectivity index (χ1) is 8.15. The average molecular weight is 252 g/mol. The molecule has 4 nitrogen and oxygen atoms in total. The third kappa shape index (κ3) is 1.69. The Morgan fingerprint density at radius 3 is 2.71 bits per heavy atom. The number of aromatic nitrogens is 1. The van der Waals surface area contributed by atoms with Crippen molar-refractivity contribution in [2.75, 3.05) is 6.79 Å². The van der Waals surface area contributed by atoms with Crippen LogP contribution in [-0.2, 0) is 0 Å². The number of rotatable bonds is 1. The molecule has 1 atom stereocenters. The summed E-state index contributed by atoms with van der Waals surface area (Å²) in [5.41, 5.74) is 1.33. The minimum absolute atomic E-state index is 0.225. The molecule has 0 amide bonds. The van der Waals surface area contributed by atoms with Crippen LogP contribution in [0, 0.1) is 0 Å². The van der Waals surface area contributed by atoms with Crippen LogP contribution in [-0.4, -0.2) is 16.9 Å². The second kappa shape index (κ2) is 3.75. The van der Waals surface area contributed by atoms with Gasteiger partial charge >= 0.3 is 0 Å². The zero-order chi connectivity index (χ0) is 12.0. The molecule has 0 radical (unpaired) electrons. The van der Waals surface area contributed by atoms with Crippen molar-refractivity contribution in [3.05, 3.63) is 28.9 Å². The summed E-state index contributed by atoms with van der Waals surface area (Å²) in [4.78, 5) is 4.24. The highest BCUT2D eigenvalue weighted by molar-refractivity contribution is 6.30. The highest BCUT2D eigenvalue weighted by Crippen LogP contribution is 2.37. The van der Waals surface area contributed by atoms with Crippen molar-refractivity contribution in [2.45, 2.75) is 13.0 Å². The van der Waals surface area contributed by atoms with Gasteiger partial charge in [0.05, 0.1) is 11.6 Å². The summed E-state index contributed by atoms with van der Waals surface area (Å²) in [5.74, 6) is 1.36. The molecule has 88 valence electrons. The maximum absolute atomic E-state index is 9.58. The third-order valence-corrected chi connectivity index (χ3v) is 3.04. The average Bonchev–Trinajstić information content (AvgIpc) is 2.71. The zero-order valence-electron chi connectivity index (χ0n) is 9.11. The fourth-order valence-corrected chi connectivity index (χ4v) is 2.15. The molecule has 1 aromatic heterocycles. The van der Waals surface area contributed by atoms with E-state index in [1.165, 1.54) is 0 Å². The van der Waals surface area contributed by atoms with Gasteiger partial charge in [-0.2, -0.15) is 0 Å². The van der Waals surface area contributed by atoms with Crippen LogP contribution in [0.15, 0.2) is 18.2 Å². The number of aliphatic hydroxyl groups is 1. The van der Waals surface area contributed by atoms with Crippen LogP contribution in [0.1, 0.15) is 18.6 Å². The molecule has 0 fully saturated rings. The van der Waals surface area contributed by atoms with E-state index in [4.69, 9.17) is 21.1 Å². The lowest BCUT2D eigenvalue weighted by Crippen LogP contribution is -1.95. The van der Waals surface area contributed by atoms with Crippen molar-refractivity contribution in [1.29, 1.82) is 0 Å². The van der Waals surface area contributed by atoms with Crippen LogP contribution < -0.4 is 9.47 Å². The third-order valence-electron chi connectivity index (χ3n) is 2.74. The van der Waals surface area contributed by atoms with Gasteiger partial charge in [-0.3, -0.25) is 0 Å². The van der Waals surface area contributed by atoms with Crippen molar-refractivity contribution in [3.63, 3.8) is 0 Å². The summed E-state index contributed by atoms with van der Waals surface area (Å²) < 4.78 is 10.6. The molecule has 1 aliphatic heterocycles. The van der Waals surface area contributed by atoms with E-state index in [9.17, 15) is 5.11 Å². The first kappa shape index (κ1) is 10.6. The van der Waals surface area contributed by atoms with Gasteiger partial charge in [-0.25, -0.2) is 4.98 Å². The second-order valence-corrected chi connectivity index (χ2v) is 4.30. The lowest BCUT2D eigenvalue weighted by atomic mass is 10.1. The van der Waals surface area contributed by atoms with Crippen LogP contribution in [0.5, 0.6) is 11.5 Å². The Kier molecular flexibility index (Phi) is 2.34. The maximum Gasteiger partial charge on any atom is 0.231 e. The summed E-state index contributed by atoms with van der Waals surface area (Å²) in [7, 11) is 0. The molecule has 0 aliphatic carbocycles. The van der Waals surface area contributed by atoms with Crippen molar-refractivity contribution >= 4 is 22.5 Å². The predicted octanol–water partition coefficient (Wildman–Crippen LogP) is 2.67. The fourth-order valence-electron chi connectivity index (χ4n) is 1.85. The number of ether oxygens (including phenoxy) is 2. The number of fused-ring (bicyclic) bond motifs is 2. The Labute approximate surface area is 103 Å². The lowest BCUT2D eigenvalue weighted by Gasteiger charge is -2.08. The topological polar surface area (TPSA) is 51.6 Å². The van der Waals surface area contributed by atoms with Gasteiger partial charge in [0.25, 0.3) is 0 Å². The molecule has 2 heterocycles. The largest absolute Gasteiger partial charge is 0.454 e. The predicted molar refractivity (Wildman–Crippen MR) is 63.5 cm³/mol. The molecule has 1 N–H and O–H groups in total. The van der Waals surface area contributed by atoms with Crippen LogP contribution in [0.25, 0.3) is 10.9 Å². The molecular formula is C12H10ClNO3. The van der Waals surface area contributed by atoms with Gasteiger partial charge in [-0.15, -0.1) is 0 Å². The van der Waals surface area contributed by atoms with Gasteiger partial charge < -0.3 is 14.6 Å². The number of benzene rings is 1. The minimum atomic E-state index is -0.648. The Morgan fingerprint density at radius 2 is 2.00 bits per heavy atom. The molecule has 2 aromatic rings. The summed E-state index contributed by atoms with van der Waals surface area (Å²) in [6.07, 6.45) is -0.648. The van der Waals surface area contributed by atoms with E-state index in [0.717, 1.165) is 10.9 Å². The minimum Gasteiger partial charge on any atom is -0.454 e. The molecule has 1 aliphatic rings. The lowest BCUT2D eigenvalue weighted by molar-refractivity contribution is 0.174. The van der Waals surface area contributed by atoms with E-state index in [2.05, 4.69) is 4.98 Å². The van der Waals surface area contributed by atoms with Gasteiger partial charge in [-0.1, -0.05) is 11.6 Å². The van der Waals surface area contributed by atoms with E-state index < -0.39 is 6.10 Å². The maximum atomic E-state index is 9.58. The zero-order valence-corrected chi connectivity index (χ0v) is 9.86. The van der Waals surface area contributed by atoms with Crippen molar-refractivity contribution < 1.29 is 14.6 Å². The fraction of sp³-hybridized carbons (Fsp3) is 0.250. The summed E-state index contributed by atoms with van der Waals surface area (Å²) in [6.45, 7) is 1.88. The summed E-state index contributed by atoms with van der Waals surface area (Å²) in [5, 5.41) is 10.8. The van der Waals surface area contributed by atoms with Crippen LogP contribution in [0.3, 0.4) is 0 Å². The van der Waals surface area contributed by atoms with E-state index >= 15 is 0 Å². The molecule has 0 spiro atoms. The van der Waals surface area contributed by atoms with Gasteiger partial charge in [0.2, 0.25) is 6.79 Å². The van der Waals surface area contributed by atoms with E-state index in [1.807, 2.05) is 12.1 Å². The molecule has 0 bridgehead atoms. The number of aliphatic hydroxyl groups excluding tert-OH is 1. The monoisotopic (exact) mass is 251 g/mol. The molecule has 0 saturated carbocycles. The first-order valence-corrected chi connectivity index (χ1v) is 5.61. The molecule has 5 heteroatoms. The molecule has 0 saturated heterocycles. The Hall–Kier alpha value is -1.52. The summed E-state index contributed by atoms with van der Waals surface area (Å²) in [6, 6.07) is 5.44. The quantitative estimate of drug-likeness (QED) is 0.792. The number of halogens is 1. The highest BCUT2D eigenvalue weighted by Gasteiger charge is 2.17. The van der Waals surface area contributed by atoms with Gasteiger partial charge in [0.15, 0.2) is 11.5 Å².